The third kappa shape index (κ3) is 2.38. The predicted molar refractivity (Wildman–Crippen MR) is 101 cm³/mol. The number of nitriles is 1. The molecule has 0 atom stereocenters. The van der Waals surface area contributed by atoms with E-state index in [2.05, 4.69) is 4.98 Å². The van der Waals surface area contributed by atoms with Crippen molar-refractivity contribution >= 4 is 49.6 Å². The Bertz CT molecular complexity index is 1200. The molecule has 0 radical (unpaired) electrons. The fourth-order valence-electron chi connectivity index (χ4n) is 2.77. The van der Waals surface area contributed by atoms with Crippen LogP contribution in [0.4, 0.5) is 11.5 Å². The number of nitrogens with two attached hydrogens (primary N) is 2. The van der Waals surface area contributed by atoms with E-state index in [1.165, 1.54) is 11.3 Å². The third-order valence-corrected chi connectivity index (χ3v) is 5.20. The number of nitrogens with zero attached hydrogens (tertiary/aromatic N) is 2. The van der Waals surface area contributed by atoms with Gasteiger partial charge in [0.15, 0.2) is 0 Å². The standard InChI is InChI=1S/C19H12N4OS/c20-9-13-8-14-15(21)17(25-19(14)23-18(13)22)16(24)12-6-5-10-3-1-2-4-11(10)7-12/h1-8H,21H2,(H2,22,23). The molecule has 25 heavy (non-hydrogen) atoms. The maximum atomic E-state index is 12.9. The van der Waals surface area contributed by atoms with Gasteiger partial charge in [-0.3, -0.25) is 4.79 Å². The number of ketones is 1. The van der Waals surface area contributed by atoms with E-state index >= 15 is 0 Å². The van der Waals surface area contributed by atoms with Crippen molar-refractivity contribution in [2.24, 2.45) is 0 Å². The topological polar surface area (TPSA) is 106 Å². The maximum Gasteiger partial charge on any atom is 0.205 e. The second-order valence-corrected chi connectivity index (χ2v) is 6.62. The van der Waals surface area contributed by atoms with Crippen LogP contribution >= 0.6 is 11.3 Å². The summed E-state index contributed by atoms with van der Waals surface area (Å²) in [5.41, 5.74) is 13.1. The normalized spacial score (nSPS) is 10.8. The first-order chi connectivity index (χ1) is 12.1. The first kappa shape index (κ1) is 15.1. The molecule has 0 amide bonds. The van der Waals surface area contributed by atoms with Crippen molar-refractivity contribution in [3.8, 4) is 6.07 Å². The summed E-state index contributed by atoms with van der Waals surface area (Å²) in [6.45, 7) is 0. The van der Waals surface area contributed by atoms with E-state index in [1.54, 1.807) is 12.1 Å². The lowest BCUT2D eigenvalue weighted by atomic mass is 10.0. The van der Waals surface area contributed by atoms with E-state index in [-0.39, 0.29) is 17.2 Å². The molecule has 2 aromatic carbocycles. The molecule has 0 bridgehead atoms. The second kappa shape index (κ2) is 5.58. The van der Waals surface area contributed by atoms with Gasteiger partial charge in [0.1, 0.15) is 21.6 Å². The second-order valence-electron chi connectivity index (χ2n) is 5.62. The van der Waals surface area contributed by atoms with E-state index < -0.39 is 0 Å². The zero-order chi connectivity index (χ0) is 17.6. The summed E-state index contributed by atoms with van der Waals surface area (Å²) in [5.74, 6) is -0.0238. The number of rotatable bonds is 2. The van der Waals surface area contributed by atoms with E-state index in [1.807, 2.05) is 42.5 Å². The van der Waals surface area contributed by atoms with E-state index in [0.29, 0.717) is 26.3 Å². The van der Waals surface area contributed by atoms with Crippen molar-refractivity contribution in [1.82, 2.24) is 4.98 Å². The molecule has 0 aliphatic heterocycles. The Hall–Kier alpha value is -3.43. The van der Waals surface area contributed by atoms with Crippen LogP contribution in [-0.4, -0.2) is 10.8 Å². The van der Waals surface area contributed by atoms with Crippen LogP contribution in [0.3, 0.4) is 0 Å². The van der Waals surface area contributed by atoms with Gasteiger partial charge in [-0.15, -0.1) is 11.3 Å². The van der Waals surface area contributed by atoms with Gasteiger partial charge in [0.25, 0.3) is 0 Å². The van der Waals surface area contributed by atoms with Gasteiger partial charge in [0.05, 0.1) is 11.3 Å². The fraction of sp³-hybridized carbons (Fsp3) is 0. The van der Waals surface area contributed by atoms with Crippen molar-refractivity contribution < 1.29 is 4.79 Å². The number of nitrogen functional groups attached to an aromatic ring is 2. The zero-order valence-corrected chi connectivity index (χ0v) is 13.8. The molecule has 0 aliphatic rings. The Kier molecular flexibility index (Phi) is 3.38. The van der Waals surface area contributed by atoms with Gasteiger partial charge in [-0.05, 0) is 22.9 Å². The molecule has 4 rings (SSSR count). The summed E-state index contributed by atoms with van der Waals surface area (Å²) >= 11 is 1.19. The van der Waals surface area contributed by atoms with Crippen LogP contribution in [0.5, 0.6) is 0 Å². The molecule has 0 saturated carbocycles. The van der Waals surface area contributed by atoms with Crippen LogP contribution in [0.2, 0.25) is 0 Å². The number of pyridine rings is 1. The molecule has 0 saturated heterocycles. The summed E-state index contributed by atoms with van der Waals surface area (Å²) in [4.78, 5) is 18.1. The predicted octanol–water partition coefficient (Wildman–Crippen LogP) is 3.72. The number of hydrogen-bond donors (Lipinski definition) is 2. The average molecular weight is 344 g/mol. The van der Waals surface area contributed by atoms with Gasteiger partial charge in [-0.1, -0.05) is 36.4 Å². The fourth-order valence-corrected chi connectivity index (χ4v) is 3.82. The number of carbonyl (C=O) groups is 1. The Labute approximate surface area is 147 Å². The number of thiophene rings is 1. The first-order valence-corrected chi connectivity index (χ1v) is 8.32. The van der Waals surface area contributed by atoms with Gasteiger partial charge in [0.2, 0.25) is 5.78 Å². The van der Waals surface area contributed by atoms with Crippen molar-refractivity contribution in [3.05, 3.63) is 64.5 Å². The highest BCUT2D eigenvalue weighted by Gasteiger charge is 2.20. The minimum Gasteiger partial charge on any atom is -0.397 e. The summed E-state index contributed by atoms with van der Waals surface area (Å²) < 4.78 is 0. The van der Waals surface area contributed by atoms with Crippen molar-refractivity contribution in [2.75, 3.05) is 11.5 Å². The molecular formula is C19H12N4OS. The molecule has 0 unspecified atom stereocenters. The number of hydrogen-bond acceptors (Lipinski definition) is 6. The van der Waals surface area contributed by atoms with Crippen LogP contribution in [0.25, 0.3) is 21.0 Å². The summed E-state index contributed by atoms with van der Waals surface area (Å²) in [7, 11) is 0. The molecule has 6 heteroatoms. The lowest BCUT2D eigenvalue weighted by molar-refractivity contribution is 0.104. The number of carbonyl (C=O) groups excluding carboxylic acids is 1. The van der Waals surface area contributed by atoms with Crippen molar-refractivity contribution in [1.29, 1.82) is 5.26 Å². The van der Waals surface area contributed by atoms with E-state index in [0.717, 1.165) is 10.8 Å². The summed E-state index contributed by atoms with van der Waals surface area (Å²) in [6, 6.07) is 17.0. The van der Waals surface area contributed by atoms with Crippen molar-refractivity contribution in [2.45, 2.75) is 0 Å². The highest BCUT2D eigenvalue weighted by molar-refractivity contribution is 7.21. The molecule has 4 aromatic rings. The van der Waals surface area contributed by atoms with Crippen LogP contribution in [-0.2, 0) is 0 Å². The third-order valence-electron chi connectivity index (χ3n) is 4.09. The first-order valence-electron chi connectivity index (χ1n) is 7.50. The smallest absolute Gasteiger partial charge is 0.205 e. The summed E-state index contributed by atoms with van der Waals surface area (Å²) in [5, 5.41) is 11.7. The maximum absolute atomic E-state index is 12.9. The minimum absolute atomic E-state index is 0.140. The minimum atomic E-state index is -0.164. The number of anilines is 2. The average Bonchev–Trinajstić information content (AvgIpc) is 2.95. The Morgan fingerprint density at radius 2 is 1.84 bits per heavy atom. The molecule has 120 valence electrons. The molecule has 4 N–H and O–H groups in total. The van der Waals surface area contributed by atoms with Crippen LogP contribution in [0.1, 0.15) is 20.8 Å². The molecule has 0 aliphatic carbocycles. The summed E-state index contributed by atoms with van der Waals surface area (Å²) in [6.07, 6.45) is 0. The SMILES string of the molecule is N#Cc1cc2c(N)c(C(=O)c3ccc4ccccc4c3)sc2nc1N. The monoisotopic (exact) mass is 344 g/mol. The van der Waals surface area contributed by atoms with Gasteiger partial charge in [-0.2, -0.15) is 5.26 Å². The number of aromatic nitrogens is 1. The van der Waals surface area contributed by atoms with Gasteiger partial charge >= 0.3 is 0 Å². The van der Waals surface area contributed by atoms with Crippen molar-refractivity contribution in [3.63, 3.8) is 0 Å². The Morgan fingerprint density at radius 3 is 2.60 bits per heavy atom. The van der Waals surface area contributed by atoms with Gasteiger partial charge < -0.3 is 11.5 Å². The Morgan fingerprint density at radius 1 is 1.08 bits per heavy atom. The van der Waals surface area contributed by atoms with Gasteiger partial charge in [0, 0.05) is 10.9 Å². The lowest BCUT2D eigenvalue weighted by Gasteiger charge is -2.03. The quantitative estimate of drug-likeness (QED) is 0.539. The zero-order valence-electron chi connectivity index (χ0n) is 13.0. The molecule has 2 aromatic heterocycles. The lowest BCUT2D eigenvalue weighted by Crippen LogP contribution is -2.02. The van der Waals surface area contributed by atoms with Crippen LogP contribution in [0.15, 0.2) is 48.5 Å². The molecule has 5 nitrogen and oxygen atoms in total. The largest absolute Gasteiger partial charge is 0.397 e. The molecule has 0 spiro atoms. The Balaban J connectivity index is 1.86. The highest BCUT2D eigenvalue weighted by Crippen LogP contribution is 2.35. The molecule has 2 heterocycles. The number of benzene rings is 2. The van der Waals surface area contributed by atoms with E-state index in [4.69, 9.17) is 16.7 Å². The van der Waals surface area contributed by atoms with Crippen LogP contribution < -0.4 is 11.5 Å². The molecular weight excluding hydrogens is 332 g/mol. The number of fused-ring (bicyclic) bond motifs is 2. The van der Waals surface area contributed by atoms with Gasteiger partial charge in [-0.25, -0.2) is 4.98 Å². The van der Waals surface area contributed by atoms with Crippen LogP contribution in [0, 0.1) is 11.3 Å². The van der Waals surface area contributed by atoms with E-state index in [9.17, 15) is 4.79 Å². The molecule has 0 fully saturated rings. The highest BCUT2D eigenvalue weighted by atomic mass is 32.1.